The SMILES string of the molecule is Cn1ccnc1.I.c1ccc2ncccc2c1. The molecule has 0 N–H and O–H groups in total. The van der Waals surface area contributed by atoms with E-state index in [1.807, 2.05) is 48.3 Å². The van der Waals surface area contributed by atoms with Crippen molar-refractivity contribution >= 4 is 34.9 Å². The lowest BCUT2D eigenvalue weighted by atomic mass is 10.2. The summed E-state index contributed by atoms with van der Waals surface area (Å²) in [5.41, 5.74) is 1.06. The van der Waals surface area contributed by atoms with Crippen LogP contribution in [0.1, 0.15) is 0 Å². The van der Waals surface area contributed by atoms with Crippen molar-refractivity contribution in [1.82, 2.24) is 14.5 Å². The standard InChI is InChI=1S/C9H7N.C4H6N2.HI/c1-2-6-9-8(4-1)5-3-7-10-9;1-6-3-2-5-4-6;/h1-7H;2-4H,1H3;1H. The largest absolute Gasteiger partial charge is 0.341 e. The average molecular weight is 339 g/mol. The van der Waals surface area contributed by atoms with Crippen LogP contribution in [0.5, 0.6) is 0 Å². The van der Waals surface area contributed by atoms with Crippen molar-refractivity contribution < 1.29 is 0 Å². The van der Waals surface area contributed by atoms with Crippen LogP contribution in [0.15, 0.2) is 61.3 Å². The smallest absolute Gasteiger partial charge is 0.0943 e. The molecule has 1 aromatic carbocycles. The summed E-state index contributed by atoms with van der Waals surface area (Å²) in [5, 5.41) is 1.20. The van der Waals surface area contributed by atoms with Crippen molar-refractivity contribution in [2.45, 2.75) is 0 Å². The van der Waals surface area contributed by atoms with Crippen molar-refractivity contribution in [1.29, 1.82) is 0 Å². The normalized spacial score (nSPS) is 9.00. The van der Waals surface area contributed by atoms with Crippen molar-refractivity contribution in [2.75, 3.05) is 0 Å². The van der Waals surface area contributed by atoms with Gasteiger partial charge in [-0.1, -0.05) is 24.3 Å². The molecule has 0 saturated carbocycles. The van der Waals surface area contributed by atoms with Crippen LogP contribution >= 0.6 is 24.0 Å². The number of imidazole rings is 1. The van der Waals surface area contributed by atoms with Gasteiger partial charge in [-0.05, 0) is 12.1 Å². The van der Waals surface area contributed by atoms with E-state index in [9.17, 15) is 0 Å². The lowest BCUT2D eigenvalue weighted by Gasteiger charge is -1.91. The van der Waals surface area contributed by atoms with Crippen molar-refractivity contribution in [3.63, 3.8) is 0 Å². The number of aromatic nitrogens is 3. The van der Waals surface area contributed by atoms with Crippen LogP contribution < -0.4 is 0 Å². The molecule has 4 heteroatoms. The molecule has 3 nitrogen and oxygen atoms in total. The van der Waals surface area contributed by atoms with Crippen LogP contribution in [-0.2, 0) is 7.05 Å². The lowest BCUT2D eigenvalue weighted by molar-refractivity contribution is 0.913. The lowest BCUT2D eigenvalue weighted by Crippen LogP contribution is -1.76. The minimum absolute atomic E-state index is 0. The second-order valence-corrected chi connectivity index (χ2v) is 3.42. The maximum Gasteiger partial charge on any atom is 0.0943 e. The molecule has 0 aliphatic heterocycles. The molecule has 0 bridgehead atoms. The summed E-state index contributed by atoms with van der Waals surface area (Å²) >= 11 is 0. The Morgan fingerprint density at radius 3 is 2.35 bits per heavy atom. The highest BCUT2D eigenvalue weighted by molar-refractivity contribution is 14.0. The van der Waals surface area contributed by atoms with Gasteiger partial charge in [0.25, 0.3) is 0 Å². The molecular formula is C13H14IN3. The Bertz CT molecular complexity index is 484. The van der Waals surface area contributed by atoms with Crippen LogP contribution in [0.2, 0.25) is 0 Å². The molecule has 0 saturated heterocycles. The zero-order chi connectivity index (χ0) is 11.2. The van der Waals surface area contributed by atoms with Gasteiger partial charge < -0.3 is 4.57 Å². The van der Waals surface area contributed by atoms with Gasteiger partial charge in [0, 0.05) is 31.0 Å². The first-order valence-corrected chi connectivity index (χ1v) is 5.08. The molecule has 0 radical (unpaired) electrons. The Morgan fingerprint density at radius 1 is 1.00 bits per heavy atom. The summed E-state index contributed by atoms with van der Waals surface area (Å²) in [6.45, 7) is 0. The molecule has 0 aliphatic rings. The predicted molar refractivity (Wildman–Crippen MR) is 80.4 cm³/mol. The van der Waals surface area contributed by atoms with Gasteiger partial charge >= 0.3 is 0 Å². The molecule has 0 atom stereocenters. The summed E-state index contributed by atoms with van der Waals surface area (Å²) < 4.78 is 1.89. The van der Waals surface area contributed by atoms with Crippen molar-refractivity contribution in [2.24, 2.45) is 7.05 Å². The fourth-order valence-corrected chi connectivity index (χ4v) is 1.34. The zero-order valence-corrected chi connectivity index (χ0v) is 11.9. The fraction of sp³-hybridized carbons (Fsp3) is 0.0769. The Hall–Kier alpha value is -1.43. The number of pyridine rings is 1. The summed E-state index contributed by atoms with van der Waals surface area (Å²) in [6, 6.07) is 12.1. The van der Waals surface area contributed by atoms with E-state index in [2.05, 4.69) is 22.1 Å². The van der Waals surface area contributed by atoms with Gasteiger partial charge in [0.2, 0.25) is 0 Å². The van der Waals surface area contributed by atoms with E-state index >= 15 is 0 Å². The maximum atomic E-state index is 4.18. The minimum atomic E-state index is 0. The molecule has 17 heavy (non-hydrogen) atoms. The van der Waals surface area contributed by atoms with E-state index in [1.54, 1.807) is 12.5 Å². The van der Waals surface area contributed by atoms with Gasteiger partial charge in [-0.15, -0.1) is 24.0 Å². The number of halogens is 1. The van der Waals surface area contributed by atoms with E-state index in [-0.39, 0.29) is 24.0 Å². The van der Waals surface area contributed by atoms with Crippen LogP contribution in [0.4, 0.5) is 0 Å². The third kappa shape index (κ3) is 4.14. The van der Waals surface area contributed by atoms with Gasteiger partial charge in [-0.2, -0.15) is 0 Å². The number of fused-ring (bicyclic) bond motifs is 1. The Morgan fingerprint density at radius 2 is 1.76 bits per heavy atom. The molecule has 0 aliphatic carbocycles. The van der Waals surface area contributed by atoms with Gasteiger partial charge in [0.05, 0.1) is 11.8 Å². The van der Waals surface area contributed by atoms with E-state index in [4.69, 9.17) is 0 Å². The molecule has 0 fully saturated rings. The summed E-state index contributed by atoms with van der Waals surface area (Å²) in [6.07, 6.45) is 7.20. The topological polar surface area (TPSA) is 30.7 Å². The summed E-state index contributed by atoms with van der Waals surface area (Å²) in [5.74, 6) is 0. The minimum Gasteiger partial charge on any atom is -0.341 e. The van der Waals surface area contributed by atoms with E-state index in [1.165, 1.54) is 5.39 Å². The van der Waals surface area contributed by atoms with E-state index in [0.29, 0.717) is 0 Å². The Labute approximate surface area is 118 Å². The first kappa shape index (κ1) is 13.6. The second-order valence-electron chi connectivity index (χ2n) is 3.42. The molecule has 0 spiro atoms. The monoisotopic (exact) mass is 339 g/mol. The Balaban J connectivity index is 0.000000180. The Kier molecular flexibility index (Phi) is 5.62. The van der Waals surface area contributed by atoms with Crippen LogP contribution in [0.25, 0.3) is 10.9 Å². The van der Waals surface area contributed by atoms with E-state index < -0.39 is 0 Å². The summed E-state index contributed by atoms with van der Waals surface area (Å²) in [7, 11) is 1.94. The number of hydrogen-bond donors (Lipinski definition) is 0. The average Bonchev–Trinajstić information content (AvgIpc) is 2.81. The summed E-state index contributed by atoms with van der Waals surface area (Å²) in [4.78, 5) is 7.97. The number of rotatable bonds is 0. The fourth-order valence-electron chi connectivity index (χ4n) is 1.34. The molecule has 2 heterocycles. The quantitative estimate of drug-likeness (QED) is 0.589. The number of nitrogens with zero attached hydrogens (tertiary/aromatic N) is 3. The van der Waals surface area contributed by atoms with E-state index in [0.717, 1.165) is 5.52 Å². The zero-order valence-electron chi connectivity index (χ0n) is 9.52. The highest BCUT2D eigenvalue weighted by Gasteiger charge is 1.86. The maximum absolute atomic E-state index is 4.18. The second kappa shape index (κ2) is 7.01. The highest BCUT2D eigenvalue weighted by Crippen LogP contribution is 2.07. The third-order valence-electron chi connectivity index (χ3n) is 2.15. The molecule has 2 aromatic heterocycles. The van der Waals surface area contributed by atoms with Gasteiger partial charge in [-0.25, -0.2) is 4.98 Å². The highest BCUT2D eigenvalue weighted by atomic mass is 127. The number of para-hydroxylation sites is 1. The number of hydrogen-bond acceptors (Lipinski definition) is 2. The van der Waals surface area contributed by atoms with Gasteiger partial charge in [-0.3, -0.25) is 4.98 Å². The molecule has 0 amide bonds. The van der Waals surface area contributed by atoms with Crippen LogP contribution in [0, 0.1) is 0 Å². The molecule has 0 unspecified atom stereocenters. The number of benzene rings is 1. The molecule has 88 valence electrons. The third-order valence-corrected chi connectivity index (χ3v) is 2.15. The van der Waals surface area contributed by atoms with Crippen LogP contribution in [0.3, 0.4) is 0 Å². The first-order valence-electron chi connectivity index (χ1n) is 5.08. The number of aryl methyl sites for hydroxylation is 1. The van der Waals surface area contributed by atoms with Gasteiger partial charge in [0.1, 0.15) is 0 Å². The molecule has 3 aromatic rings. The predicted octanol–water partition coefficient (Wildman–Crippen LogP) is 3.27. The molecular weight excluding hydrogens is 325 g/mol. The first-order chi connectivity index (χ1) is 7.86. The van der Waals surface area contributed by atoms with Crippen molar-refractivity contribution in [3.05, 3.63) is 61.3 Å². The molecule has 3 rings (SSSR count). The van der Waals surface area contributed by atoms with Gasteiger partial charge in [0.15, 0.2) is 0 Å². The van der Waals surface area contributed by atoms with Crippen molar-refractivity contribution in [3.8, 4) is 0 Å². The van der Waals surface area contributed by atoms with Crippen LogP contribution in [-0.4, -0.2) is 14.5 Å².